The number of nitrogens with one attached hydrogen (secondary N) is 3. The molecule has 4 aromatic rings. The number of rotatable bonds is 9. The van der Waals surface area contributed by atoms with Gasteiger partial charge in [-0.3, -0.25) is 4.79 Å². The summed E-state index contributed by atoms with van der Waals surface area (Å²) in [5.41, 5.74) is 2.33. The van der Waals surface area contributed by atoms with Crippen molar-refractivity contribution in [3.8, 4) is 11.5 Å². The van der Waals surface area contributed by atoms with Crippen LogP contribution in [0, 0.1) is 0 Å². The smallest absolute Gasteiger partial charge is 0.321 e. The average molecular weight is 661 g/mol. The van der Waals surface area contributed by atoms with Gasteiger partial charge in [0.15, 0.2) is 11.5 Å². The van der Waals surface area contributed by atoms with E-state index in [4.69, 9.17) is 32.7 Å². The minimum atomic E-state index is -4.19. The number of aromatic amines is 1. The van der Waals surface area contributed by atoms with Crippen molar-refractivity contribution in [2.45, 2.75) is 17.4 Å². The monoisotopic (exact) mass is 659 g/mol. The molecule has 1 aromatic heterocycles. The van der Waals surface area contributed by atoms with E-state index in [1.165, 1.54) is 43.4 Å². The number of anilines is 1. The number of para-hydroxylation sites is 1. The van der Waals surface area contributed by atoms with Gasteiger partial charge in [-0.2, -0.15) is 4.31 Å². The van der Waals surface area contributed by atoms with E-state index in [2.05, 4.69) is 15.6 Å². The summed E-state index contributed by atoms with van der Waals surface area (Å²) in [4.78, 5) is 31.4. The summed E-state index contributed by atoms with van der Waals surface area (Å²) in [5, 5.41) is 7.29. The molecule has 232 valence electrons. The average Bonchev–Trinajstić information content (AvgIpc) is 3.44. The van der Waals surface area contributed by atoms with Crippen LogP contribution in [0.4, 0.5) is 10.5 Å². The number of ether oxygens (including phenoxy) is 2. The fourth-order valence-electron chi connectivity index (χ4n) is 5.13. The number of carbonyl (C=O) groups excluding carboxylic acids is 2. The number of nitrogens with zero attached hydrogens (tertiary/aromatic N) is 2. The van der Waals surface area contributed by atoms with Gasteiger partial charge < -0.3 is 30.0 Å². The van der Waals surface area contributed by atoms with Crippen molar-refractivity contribution >= 4 is 61.8 Å². The lowest BCUT2D eigenvalue weighted by molar-refractivity contribution is -0.126. The maximum atomic E-state index is 13.9. The second kappa shape index (κ2) is 13.3. The fraction of sp³-hybridized carbons (Fsp3) is 0.267. The number of hydrogen-bond donors (Lipinski definition) is 3. The molecule has 0 aliphatic carbocycles. The lowest BCUT2D eigenvalue weighted by Crippen LogP contribution is -2.62. The van der Waals surface area contributed by atoms with Gasteiger partial charge in [0, 0.05) is 54.4 Å². The zero-order chi connectivity index (χ0) is 31.4. The van der Waals surface area contributed by atoms with E-state index in [1.54, 1.807) is 12.1 Å². The molecule has 1 aliphatic rings. The molecule has 3 amide bonds. The number of urea groups is 1. The molecule has 1 aliphatic heterocycles. The van der Waals surface area contributed by atoms with Crippen molar-refractivity contribution in [3.05, 3.63) is 82.5 Å². The molecule has 1 atom stereocenters. The molecular weight excluding hydrogens is 629 g/mol. The van der Waals surface area contributed by atoms with Crippen LogP contribution in [-0.2, 0) is 21.2 Å². The summed E-state index contributed by atoms with van der Waals surface area (Å²) >= 11 is 12.2. The minimum absolute atomic E-state index is 0.0304. The number of amides is 3. The fourth-order valence-corrected chi connectivity index (χ4v) is 7.17. The number of sulfonamides is 1. The zero-order valence-corrected chi connectivity index (χ0v) is 26.3. The number of H-pyrrole nitrogens is 1. The standard InChI is InChI=1S/C30H31Cl2N5O6S/c1-42-27-10-8-21(16-28(27)43-2)44(40,41)37-14-13-36(30(39)35-25-9-7-20(31)15-23(25)32)18-26(37)29(38)33-12-11-19-17-34-24-6-4-3-5-22(19)24/h3-10,15-17,26,34H,11-14,18H2,1-2H3,(H,33,38)(H,35,39). The number of carbonyl (C=O) groups is 2. The van der Waals surface area contributed by atoms with Crippen molar-refractivity contribution in [2.24, 2.45) is 0 Å². The number of hydrogen-bond acceptors (Lipinski definition) is 6. The molecule has 14 heteroatoms. The predicted molar refractivity (Wildman–Crippen MR) is 169 cm³/mol. The normalized spacial score (nSPS) is 15.6. The van der Waals surface area contributed by atoms with Crippen LogP contribution in [0.1, 0.15) is 5.56 Å². The first-order chi connectivity index (χ1) is 21.1. The highest BCUT2D eigenvalue weighted by Gasteiger charge is 2.41. The second-order valence-electron chi connectivity index (χ2n) is 10.0. The number of halogens is 2. The van der Waals surface area contributed by atoms with Crippen molar-refractivity contribution in [1.29, 1.82) is 0 Å². The zero-order valence-electron chi connectivity index (χ0n) is 24.0. The first kappa shape index (κ1) is 31.5. The third-order valence-electron chi connectivity index (χ3n) is 7.42. The van der Waals surface area contributed by atoms with Crippen LogP contribution in [0.5, 0.6) is 11.5 Å². The molecule has 3 aromatic carbocycles. The first-order valence-corrected chi connectivity index (χ1v) is 15.9. The van der Waals surface area contributed by atoms with Crippen LogP contribution in [0.3, 0.4) is 0 Å². The molecule has 1 saturated heterocycles. The Balaban J connectivity index is 1.37. The van der Waals surface area contributed by atoms with Crippen molar-refractivity contribution in [1.82, 2.24) is 19.5 Å². The van der Waals surface area contributed by atoms with E-state index in [-0.39, 0.29) is 41.8 Å². The van der Waals surface area contributed by atoms with Crippen molar-refractivity contribution in [2.75, 3.05) is 45.7 Å². The van der Waals surface area contributed by atoms with Crippen LogP contribution in [-0.4, -0.2) is 81.0 Å². The van der Waals surface area contributed by atoms with Crippen LogP contribution in [0.15, 0.2) is 71.8 Å². The third-order valence-corrected chi connectivity index (χ3v) is 9.88. The van der Waals surface area contributed by atoms with E-state index >= 15 is 0 Å². The highest BCUT2D eigenvalue weighted by molar-refractivity contribution is 7.89. The topological polar surface area (TPSA) is 133 Å². The lowest BCUT2D eigenvalue weighted by atomic mass is 10.1. The molecule has 2 heterocycles. The van der Waals surface area contributed by atoms with Gasteiger partial charge >= 0.3 is 6.03 Å². The third kappa shape index (κ3) is 6.58. The number of aromatic nitrogens is 1. The van der Waals surface area contributed by atoms with E-state index in [0.717, 1.165) is 20.8 Å². The summed E-state index contributed by atoms with van der Waals surface area (Å²) in [6, 6.07) is 15.0. The Morgan fingerprint density at radius 2 is 1.77 bits per heavy atom. The number of piperazine rings is 1. The SMILES string of the molecule is COc1ccc(S(=O)(=O)N2CCN(C(=O)Nc3ccc(Cl)cc3Cl)CC2C(=O)NCCc2c[nH]c3ccccc23)cc1OC. The summed E-state index contributed by atoms with van der Waals surface area (Å²) < 4.78 is 39.5. The minimum Gasteiger partial charge on any atom is -0.493 e. The van der Waals surface area contributed by atoms with Gasteiger partial charge in [0.2, 0.25) is 15.9 Å². The Labute approximate surface area is 265 Å². The van der Waals surface area contributed by atoms with Crippen molar-refractivity contribution < 1.29 is 27.5 Å². The van der Waals surface area contributed by atoms with E-state index in [9.17, 15) is 18.0 Å². The Bertz CT molecular complexity index is 1800. The molecular formula is C30H31Cl2N5O6S. The summed E-state index contributed by atoms with van der Waals surface area (Å²) in [6.07, 6.45) is 2.41. The molecule has 11 nitrogen and oxygen atoms in total. The summed E-state index contributed by atoms with van der Waals surface area (Å²) in [7, 11) is -1.34. The second-order valence-corrected chi connectivity index (χ2v) is 12.8. The highest BCUT2D eigenvalue weighted by atomic mass is 35.5. The molecule has 1 unspecified atom stereocenters. The van der Waals surface area contributed by atoms with Gasteiger partial charge in [0.1, 0.15) is 6.04 Å². The largest absolute Gasteiger partial charge is 0.493 e. The van der Waals surface area contributed by atoms with Gasteiger partial charge in [-0.05, 0) is 48.4 Å². The number of methoxy groups -OCH3 is 2. The highest BCUT2D eigenvalue weighted by Crippen LogP contribution is 2.32. The van der Waals surface area contributed by atoms with E-state index in [1.807, 2.05) is 30.5 Å². The van der Waals surface area contributed by atoms with Gasteiger partial charge in [0.25, 0.3) is 0 Å². The molecule has 0 spiro atoms. The molecule has 0 radical (unpaired) electrons. The quantitative estimate of drug-likeness (QED) is 0.237. The molecule has 5 rings (SSSR count). The summed E-state index contributed by atoms with van der Waals surface area (Å²) in [6.45, 7) is -0.0296. The van der Waals surface area contributed by atoms with Crippen LogP contribution >= 0.6 is 23.2 Å². The Kier molecular flexibility index (Phi) is 9.54. The maximum absolute atomic E-state index is 13.9. The number of benzene rings is 3. The van der Waals surface area contributed by atoms with Crippen LogP contribution in [0.2, 0.25) is 10.0 Å². The molecule has 44 heavy (non-hydrogen) atoms. The van der Waals surface area contributed by atoms with Gasteiger partial charge in [-0.25, -0.2) is 13.2 Å². The Hall–Kier alpha value is -3.97. The molecule has 3 N–H and O–H groups in total. The molecule has 1 fully saturated rings. The van der Waals surface area contributed by atoms with Gasteiger partial charge in [-0.15, -0.1) is 0 Å². The van der Waals surface area contributed by atoms with E-state index < -0.39 is 28.0 Å². The lowest BCUT2D eigenvalue weighted by Gasteiger charge is -2.39. The summed E-state index contributed by atoms with van der Waals surface area (Å²) in [5.74, 6) is 0.0578. The van der Waals surface area contributed by atoms with E-state index in [0.29, 0.717) is 22.9 Å². The number of fused-ring (bicyclic) bond motifs is 1. The van der Waals surface area contributed by atoms with Gasteiger partial charge in [0.05, 0.1) is 29.8 Å². The Morgan fingerprint density at radius 1 is 1.00 bits per heavy atom. The van der Waals surface area contributed by atoms with Gasteiger partial charge in [-0.1, -0.05) is 41.4 Å². The van der Waals surface area contributed by atoms with Crippen molar-refractivity contribution in [3.63, 3.8) is 0 Å². The Morgan fingerprint density at radius 3 is 2.52 bits per heavy atom. The maximum Gasteiger partial charge on any atom is 0.321 e. The van der Waals surface area contributed by atoms with Crippen LogP contribution < -0.4 is 20.1 Å². The first-order valence-electron chi connectivity index (χ1n) is 13.7. The predicted octanol–water partition coefficient (Wildman–Crippen LogP) is 4.76. The molecule has 0 bridgehead atoms. The molecule has 0 saturated carbocycles. The van der Waals surface area contributed by atoms with Crippen LogP contribution in [0.25, 0.3) is 10.9 Å².